The van der Waals surface area contributed by atoms with E-state index in [4.69, 9.17) is 9.72 Å². The Morgan fingerprint density at radius 3 is 2.45 bits per heavy atom. The third-order valence-electron chi connectivity index (χ3n) is 8.26. The van der Waals surface area contributed by atoms with E-state index in [1.165, 1.54) is 35.3 Å². The number of rotatable bonds is 8. The minimum atomic E-state index is -4.35. The topological polar surface area (TPSA) is 111 Å². The quantitative estimate of drug-likeness (QED) is 0.392. The van der Waals surface area contributed by atoms with Crippen LogP contribution in [0.15, 0.2) is 41.7 Å². The van der Waals surface area contributed by atoms with Gasteiger partial charge in [0.05, 0.1) is 5.56 Å². The first-order valence-corrected chi connectivity index (χ1v) is 15.2. The van der Waals surface area contributed by atoms with Crippen molar-refractivity contribution in [2.24, 2.45) is 18.4 Å². The second-order valence-corrected chi connectivity index (χ2v) is 13.8. The summed E-state index contributed by atoms with van der Waals surface area (Å²) in [6.45, 7) is 7.84. The monoisotopic (exact) mass is 608 g/mol. The van der Waals surface area contributed by atoms with Crippen LogP contribution in [0.5, 0.6) is 5.88 Å². The Morgan fingerprint density at radius 2 is 1.90 bits per heavy atom. The summed E-state index contributed by atoms with van der Waals surface area (Å²) in [5.74, 6) is 0.0555. The molecule has 228 valence electrons. The van der Waals surface area contributed by atoms with Crippen LogP contribution in [-0.2, 0) is 17.1 Å². The number of hydrogen-bond acceptors (Lipinski definition) is 7. The van der Waals surface area contributed by atoms with Crippen LogP contribution in [0.4, 0.5) is 19.0 Å². The Labute approximate surface area is 242 Å². The Hall–Kier alpha value is -3.55. The molecule has 2 aliphatic rings. The number of sulfonamides is 1. The van der Waals surface area contributed by atoms with Gasteiger partial charge in [-0.25, -0.2) is 22.8 Å². The van der Waals surface area contributed by atoms with E-state index in [1.54, 1.807) is 24.7 Å². The van der Waals surface area contributed by atoms with Crippen molar-refractivity contribution < 1.29 is 31.1 Å². The number of carbonyl (C=O) groups is 1. The number of nitrogens with zero attached hydrogens (tertiary/aromatic N) is 5. The van der Waals surface area contributed by atoms with Crippen molar-refractivity contribution in [2.75, 3.05) is 18.1 Å². The average Bonchev–Trinajstić information content (AvgIpc) is 3.53. The number of alkyl halides is 3. The number of nitrogens with one attached hydrogen (secondary N) is 1. The number of amides is 1. The molecule has 0 bridgehead atoms. The molecule has 14 heteroatoms. The first kappa shape index (κ1) is 29.9. The van der Waals surface area contributed by atoms with Crippen molar-refractivity contribution in [3.8, 4) is 11.7 Å². The maximum Gasteiger partial charge on any atom is 0.397 e. The minimum Gasteiger partial charge on any atom is -0.476 e. The van der Waals surface area contributed by atoms with Gasteiger partial charge in [-0.1, -0.05) is 13.3 Å². The average molecular weight is 609 g/mol. The van der Waals surface area contributed by atoms with Crippen molar-refractivity contribution in [3.05, 3.63) is 47.9 Å². The van der Waals surface area contributed by atoms with Crippen LogP contribution >= 0.6 is 0 Å². The van der Waals surface area contributed by atoms with Crippen molar-refractivity contribution in [1.29, 1.82) is 0 Å². The zero-order valence-corrected chi connectivity index (χ0v) is 25.0. The normalized spacial score (nSPS) is 19.9. The maximum atomic E-state index is 13.5. The minimum absolute atomic E-state index is 0.00196. The molecule has 3 aromatic rings. The smallest absolute Gasteiger partial charge is 0.397 e. The van der Waals surface area contributed by atoms with Gasteiger partial charge in [0.1, 0.15) is 22.7 Å². The molecule has 10 nitrogen and oxygen atoms in total. The Kier molecular flexibility index (Phi) is 7.35. The summed E-state index contributed by atoms with van der Waals surface area (Å²) >= 11 is 0. The maximum absolute atomic E-state index is 13.5. The molecule has 1 atom stereocenters. The van der Waals surface area contributed by atoms with Gasteiger partial charge in [-0.05, 0) is 63.6 Å². The Bertz CT molecular complexity index is 1610. The summed E-state index contributed by atoms with van der Waals surface area (Å²) in [5, 5.41) is 4.28. The molecule has 0 spiro atoms. The second kappa shape index (κ2) is 10.3. The molecule has 1 aliphatic heterocycles. The zero-order valence-electron chi connectivity index (χ0n) is 24.2. The molecule has 1 amide bonds. The molecule has 5 rings (SSSR count). The fourth-order valence-corrected chi connectivity index (χ4v) is 7.20. The summed E-state index contributed by atoms with van der Waals surface area (Å²) in [6, 6.07) is 4.45. The molecule has 1 aliphatic carbocycles. The van der Waals surface area contributed by atoms with Gasteiger partial charge >= 0.3 is 6.18 Å². The van der Waals surface area contributed by atoms with Crippen molar-refractivity contribution >= 4 is 21.7 Å². The van der Waals surface area contributed by atoms with Crippen LogP contribution < -0.4 is 14.4 Å². The molecule has 1 N–H and O–H groups in total. The standard InChI is InChI=1S/C28H35F3N6O4S/c1-18-13-26(3,4)36(14-18)24-20(25(38)34-42(39,40)21-16-35(5)15-19(21)2)7-8-22(32-24)37-12-9-23(33-37)41-17-27(10-6-11-27)28(29,30)31/h7-9,12,15-16,18H,6,10-11,13-14,17H2,1-5H3,(H,34,38)/t18-/m0/s1. The highest BCUT2D eigenvalue weighted by Crippen LogP contribution is 2.53. The van der Waals surface area contributed by atoms with E-state index in [1.807, 2.05) is 18.7 Å². The van der Waals surface area contributed by atoms with Crippen molar-refractivity contribution in [2.45, 2.75) is 70.0 Å². The van der Waals surface area contributed by atoms with Crippen LogP contribution in [0.2, 0.25) is 0 Å². The molecule has 42 heavy (non-hydrogen) atoms. The molecule has 3 aromatic heterocycles. The van der Waals surface area contributed by atoms with E-state index in [0.717, 1.165) is 6.42 Å². The van der Waals surface area contributed by atoms with E-state index >= 15 is 0 Å². The highest BCUT2D eigenvalue weighted by molar-refractivity contribution is 7.90. The van der Waals surface area contributed by atoms with Crippen LogP contribution in [0.1, 0.15) is 62.4 Å². The lowest BCUT2D eigenvalue weighted by molar-refractivity contribution is -0.259. The van der Waals surface area contributed by atoms with E-state index < -0.39 is 34.1 Å². The molecule has 0 unspecified atom stereocenters. The van der Waals surface area contributed by atoms with E-state index in [2.05, 4.69) is 16.7 Å². The fourth-order valence-electron chi connectivity index (χ4n) is 5.95. The largest absolute Gasteiger partial charge is 0.476 e. The van der Waals surface area contributed by atoms with E-state index in [9.17, 15) is 26.4 Å². The molecular formula is C28H35F3N6O4S. The van der Waals surface area contributed by atoms with Crippen molar-refractivity contribution in [3.63, 3.8) is 0 Å². The van der Waals surface area contributed by atoms with Gasteiger partial charge in [0.25, 0.3) is 15.9 Å². The lowest BCUT2D eigenvalue weighted by Crippen LogP contribution is -2.48. The van der Waals surface area contributed by atoms with Gasteiger partial charge in [-0.3, -0.25) is 4.79 Å². The number of carbonyl (C=O) groups excluding carboxylic acids is 1. The summed E-state index contributed by atoms with van der Waals surface area (Å²) in [6.07, 6.45) is 1.60. The first-order chi connectivity index (χ1) is 19.5. The summed E-state index contributed by atoms with van der Waals surface area (Å²) in [7, 11) is -2.47. The Balaban J connectivity index is 1.45. The molecule has 2 fully saturated rings. The molecule has 1 saturated heterocycles. The highest BCUT2D eigenvalue weighted by atomic mass is 32.2. The summed E-state index contributed by atoms with van der Waals surface area (Å²) in [5.41, 5.74) is -1.68. The number of aryl methyl sites for hydroxylation is 2. The molecular weight excluding hydrogens is 573 g/mol. The third-order valence-corrected chi connectivity index (χ3v) is 9.73. The number of halogens is 3. The van der Waals surface area contributed by atoms with Gasteiger partial charge in [0.15, 0.2) is 5.82 Å². The fraction of sp³-hybridized carbons (Fsp3) is 0.536. The van der Waals surface area contributed by atoms with Gasteiger partial charge in [0, 0.05) is 43.8 Å². The Morgan fingerprint density at radius 1 is 1.19 bits per heavy atom. The summed E-state index contributed by atoms with van der Waals surface area (Å²) < 4.78 is 77.4. The van der Waals surface area contributed by atoms with E-state index in [0.29, 0.717) is 24.3 Å². The van der Waals surface area contributed by atoms with Gasteiger partial charge in [-0.15, -0.1) is 5.10 Å². The SMILES string of the molecule is Cc1cn(C)cc1S(=O)(=O)NC(=O)c1ccc(-n2ccc(OCC3(C(F)(F)F)CCC3)n2)nc1N1C[C@@H](C)CC1(C)C. The lowest BCUT2D eigenvalue weighted by Gasteiger charge is -2.42. The number of aromatic nitrogens is 4. The number of ether oxygens (including phenoxy) is 1. The van der Waals surface area contributed by atoms with Crippen LogP contribution in [-0.4, -0.2) is 58.5 Å². The highest BCUT2D eigenvalue weighted by Gasteiger charge is 2.59. The van der Waals surface area contributed by atoms with Crippen LogP contribution in [0.3, 0.4) is 0 Å². The van der Waals surface area contributed by atoms with Crippen molar-refractivity contribution in [1.82, 2.24) is 24.1 Å². The van der Waals surface area contributed by atoms with Gasteiger partial charge in [-0.2, -0.15) is 13.2 Å². The van der Waals surface area contributed by atoms with Crippen LogP contribution in [0.25, 0.3) is 5.82 Å². The first-order valence-electron chi connectivity index (χ1n) is 13.8. The predicted octanol–water partition coefficient (Wildman–Crippen LogP) is 4.77. The molecule has 1 saturated carbocycles. The number of anilines is 1. The molecule has 0 radical (unpaired) electrons. The van der Waals surface area contributed by atoms with Gasteiger partial charge in [0.2, 0.25) is 5.88 Å². The number of hydrogen-bond donors (Lipinski definition) is 1. The van der Waals surface area contributed by atoms with E-state index in [-0.39, 0.29) is 46.5 Å². The predicted molar refractivity (Wildman–Crippen MR) is 149 cm³/mol. The summed E-state index contributed by atoms with van der Waals surface area (Å²) in [4.78, 5) is 20.2. The lowest BCUT2D eigenvalue weighted by atomic mass is 9.69. The molecule has 0 aromatic carbocycles. The number of pyridine rings is 1. The third kappa shape index (κ3) is 5.48. The molecule has 4 heterocycles. The van der Waals surface area contributed by atoms with Crippen LogP contribution in [0, 0.1) is 18.3 Å². The van der Waals surface area contributed by atoms with Gasteiger partial charge < -0.3 is 14.2 Å². The zero-order chi connectivity index (χ0) is 30.7. The second-order valence-electron chi connectivity index (χ2n) is 12.2.